The van der Waals surface area contributed by atoms with Gasteiger partial charge in [-0.3, -0.25) is 5.41 Å². The number of nitrogens with zero attached hydrogens (tertiary/aromatic N) is 1. The molecule has 0 aliphatic carbocycles. The van der Waals surface area contributed by atoms with Gasteiger partial charge in [0.2, 0.25) is 0 Å². The minimum atomic E-state index is 0.547. The molecule has 0 saturated heterocycles. The molecule has 1 aliphatic rings. The van der Waals surface area contributed by atoms with Crippen LogP contribution in [0.1, 0.15) is 5.56 Å². The molecule has 0 spiro atoms. The Morgan fingerprint density at radius 1 is 0.941 bits per heavy atom. The molecule has 0 bridgehead atoms. The summed E-state index contributed by atoms with van der Waals surface area (Å²) < 4.78 is 0. The molecule has 0 atom stereocenters. The topological polar surface area (TPSA) is 39.1 Å². The molecule has 3 nitrogen and oxygen atoms in total. The van der Waals surface area contributed by atoms with Gasteiger partial charge in [0.15, 0.2) is 0 Å². The van der Waals surface area contributed by atoms with Gasteiger partial charge in [0.1, 0.15) is 5.84 Å². The maximum atomic E-state index is 8.25. The van der Waals surface area contributed by atoms with Crippen molar-refractivity contribution in [3.63, 3.8) is 0 Å². The molecule has 1 aliphatic heterocycles. The molecule has 2 aromatic rings. The van der Waals surface area contributed by atoms with E-state index >= 15 is 0 Å². The number of nitrogens with one attached hydrogen (secondary N) is 2. The summed E-state index contributed by atoms with van der Waals surface area (Å²) in [6.45, 7) is 0.639. The lowest BCUT2D eigenvalue weighted by atomic mass is 10.1. The van der Waals surface area contributed by atoms with Gasteiger partial charge in [0.05, 0.1) is 6.67 Å². The van der Waals surface area contributed by atoms with Crippen LogP contribution in [0.2, 0.25) is 0 Å². The van der Waals surface area contributed by atoms with Gasteiger partial charge in [-0.05, 0) is 24.3 Å². The van der Waals surface area contributed by atoms with Crippen molar-refractivity contribution in [1.29, 1.82) is 5.41 Å². The third kappa shape index (κ3) is 1.65. The average molecular weight is 223 g/mol. The van der Waals surface area contributed by atoms with Crippen molar-refractivity contribution in [2.24, 2.45) is 0 Å². The van der Waals surface area contributed by atoms with E-state index in [9.17, 15) is 0 Å². The van der Waals surface area contributed by atoms with E-state index in [4.69, 9.17) is 5.41 Å². The fourth-order valence-corrected chi connectivity index (χ4v) is 2.06. The zero-order valence-electron chi connectivity index (χ0n) is 9.35. The Kier molecular flexibility index (Phi) is 2.29. The summed E-state index contributed by atoms with van der Waals surface area (Å²) in [4.78, 5) is 1.96. The van der Waals surface area contributed by atoms with E-state index < -0.39 is 0 Å². The van der Waals surface area contributed by atoms with Gasteiger partial charge in [-0.15, -0.1) is 0 Å². The van der Waals surface area contributed by atoms with Crippen molar-refractivity contribution >= 4 is 17.2 Å². The lowest BCUT2D eigenvalue weighted by molar-refractivity contribution is 1.03. The molecule has 2 N–H and O–H groups in total. The number of hydrogen-bond acceptors (Lipinski definition) is 2. The van der Waals surface area contributed by atoms with Crippen LogP contribution in [0.4, 0.5) is 11.4 Å². The standard InChI is InChI=1S/C14H13N3/c15-14-12-8-4-5-9-13(12)16-10-17(14)11-6-2-1-3-7-11/h1-9,15-16H,10H2. The number of benzene rings is 2. The van der Waals surface area contributed by atoms with Crippen LogP contribution in [-0.4, -0.2) is 12.5 Å². The Bertz CT molecular complexity index is 548. The second-order valence-corrected chi connectivity index (χ2v) is 3.99. The molecule has 0 fully saturated rings. The first-order valence-electron chi connectivity index (χ1n) is 5.61. The largest absolute Gasteiger partial charge is 0.367 e. The zero-order chi connectivity index (χ0) is 11.7. The van der Waals surface area contributed by atoms with E-state index in [0.29, 0.717) is 12.5 Å². The quantitative estimate of drug-likeness (QED) is 0.780. The summed E-state index contributed by atoms with van der Waals surface area (Å²) in [5.41, 5.74) is 3.02. The number of amidine groups is 1. The third-order valence-electron chi connectivity index (χ3n) is 2.95. The van der Waals surface area contributed by atoms with Crippen LogP contribution in [0.15, 0.2) is 54.6 Å². The molecule has 3 heteroatoms. The summed E-state index contributed by atoms with van der Waals surface area (Å²) >= 11 is 0. The fraction of sp³-hybridized carbons (Fsp3) is 0.0714. The van der Waals surface area contributed by atoms with Crippen LogP contribution in [0.25, 0.3) is 0 Å². The molecule has 0 unspecified atom stereocenters. The molecular formula is C14H13N3. The fourth-order valence-electron chi connectivity index (χ4n) is 2.06. The van der Waals surface area contributed by atoms with Gasteiger partial charge in [0, 0.05) is 16.9 Å². The lowest BCUT2D eigenvalue weighted by Gasteiger charge is -2.31. The van der Waals surface area contributed by atoms with E-state index in [2.05, 4.69) is 5.32 Å². The van der Waals surface area contributed by atoms with Crippen molar-refractivity contribution in [1.82, 2.24) is 0 Å². The van der Waals surface area contributed by atoms with E-state index in [1.54, 1.807) is 0 Å². The predicted molar refractivity (Wildman–Crippen MR) is 70.7 cm³/mol. The van der Waals surface area contributed by atoms with Gasteiger partial charge in [-0.1, -0.05) is 30.3 Å². The number of fused-ring (bicyclic) bond motifs is 1. The molecule has 1 heterocycles. The Hall–Kier alpha value is -2.29. The normalized spacial score (nSPS) is 14.1. The number of para-hydroxylation sites is 2. The summed E-state index contributed by atoms with van der Waals surface area (Å²) in [6.07, 6.45) is 0. The molecule has 84 valence electrons. The molecule has 0 aromatic heterocycles. The number of anilines is 2. The van der Waals surface area contributed by atoms with E-state index in [-0.39, 0.29) is 0 Å². The van der Waals surface area contributed by atoms with Crippen molar-refractivity contribution < 1.29 is 0 Å². The van der Waals surface area contributed by atoms with Crippen molar-refractivity contribution in [3.8, 4) is 0 Å². The van der Waals surface area contributed by atoms with Crippen molar-refractivity contribution in [2.75, 3.05) is 16.9 Å². The molecular weight excluding hydrogens is 210 g/mol. The molecule has 17 heavy (non-hydrogen) atoms. The minimum Gasteiger partial charge on any atom is -0.367 e. The highest BCUT2D eigenvalue weighted by Gasteiger charge is 2.20. The maximum Gasteiger partial charge on any atom is 0.136 e. The smallest absolute Gasteiger partial charge is 0.136 e. The highest BCUT2D eigenvalue weighted by Crippen LogP contribution is 2.25. The number of rotatable bonds is 1. The predicted octanol–water partition coefficient (Wildman–Crippen LogP) is 2.90. The van der Waals surface area contributed by atoms with Gasteiger partial charge in [0.25, 0.3) is 0 Å². The Morgan fingerprint density at radius 3 is 2.47 bits per heavy atom. The van der Waals surface area contributed by atoms with Crippen LogP contribution in [0.3, 0.4) is 0 Å². The first-order chi connectivity index (χ1) is 8.36. The maximum absolute atomic E-state index is 8.25. The Labute approximate surface area is 100 Å². The highest BCUT2D eigenvalue weighted by molar-refractivity contribution is 6.12. The van der Waals surface area contributed by atoms with Crippen molar-refractivity contribution in [3.05, 3.63) is 60.2 Å². The minimum absolute atomic E-state index is 0.547. The van der Waals surface area contributed by atoms with Gasteiger partial charge < -0.3 is 10.2 Å². The van der Waals surface area contributed by atoms with Crippen molar-refractivity contribution in [2.45, 2.75) is 0 Å². The first-order valence-corrected chi connectivity index (χ1v) is 5.61. The van der Waals surface area contributed by atoms with Crippen LogP contribution in [-0.2, 0) is 0 Å². The van der Waals surface area contributed by atoms with Crippen LogP contribution >= 0.6 is 0 Å². The molecule has 3 rings (SSSR count). The third-order valence-corrected chi connectivity index (χ3v) is 2.95. The average Bonchev–Trinajstić information content (AvgIpc) is 2.40. The molecule has 0 saturated carbocycles. The highest BCUT2D eigenvalue weighted by atomic mass is 15.3. The van der Waals surface area contributed by atoms with Crippen LogP contribution < -0.4 is 10.2 Å². The van der Waals surface area contributed by atoms with Gasteiger partial charge in [-0.25, -0.2) is 0 Å². The SMILES string of the molecule is N=C1c2ccccc2NCN1c1ccccc1. The van der Waals surface area contributed by atoms with E-state index in [1.165, 1.54) is 0 Å². The summed E-state index contributed by atoms with van der Waals surface area (Å²) in [6, 6.07) is 17.9. The molecule has 0 radical (unpaired) electrons. The van der Waals surface area contributed by atoms with Crippen LogP contribution in [0.5, 0.6) is 0 Å². The monoisotopic (exact) mass is 223 g/mol. The van der Waals surface area contributed by atoms with E-state index in [1.807, 2.05) is 59.5 Å². The lowest BCUT2D eigenvalue weighted by Crippen LogP contribution is -2.39. The van der Waals surface area contributed by atoms with Gasteiger partial charge >= 0.3 is 0 Å². The van der Waals surface area contributed by atoms with E-state index in [0.717, 1.165) is 16.9 Å². The Balaban J connectivity index is 2.00. The van der Waals surface area contributed by atoms with Crippen LogP contribution in [0, 0.1) is 5.41 Å². The molecule has 2 aromatic carbocycles. The first kappa shape index (κ1) is 9.90. The zero-order valence-corrected chi connectivity index (χ0v) is 9.35. The second-order valence-electron chi connectivity index (χ2n) is 3.99. The number of hydrogen-bond donors (Lipinski definition) is 2. The Morgan fingerprint density at radius 2 is 1.65 bits per heavy atom. The second kappa shape index (κ2) is 3.94. The summed E-state index contributed by atoms with van der Waals surface area (Å²) in [5, 5.41) is 11.6. The molecule has 0 amide bonds. The van der Waals surface area contributed by atoms with Gasteiger partial charge in [-0.2, -0.15) is 0 Å². The summed E-state index contributed by atoms with van der Waals surface area (Å²) in [7, 11) is 0. The summed E-state index contributed by atoms with van der Waals surface area (Å²) in [5.74, 6) is 0.547.